The molecule has 0 unspecified atom stereocenters. The lowest BCUT2D eigenvalue weighted by Gasteiger charge is -2.10. The molecule has 9 heteroatoms. The van der Waals surface area contributed by atoms with Crippen LogP contribution in [-0.2, 0) is 9.53 Å². The molecule has 0 spiro atoms. The summed E-state index contributed by atoms with van der Waals surface area (Å²) in [4.78, 5) is 24.0. The topological polar surface area (TPSA) is 108 Å². The number of tetrazole rings is 1. The number of aromatic nitrogens is 4. The number of rotatable bonds is 6. The number of nitrogens with zero attached hydrogens (tertiary/aromatic N) is 4. The largest absolute Gasteiger partial charge is 0.495 e. The minimum absolute atomic E-state index is 0.312. The van der Waals surface area contributed by atoms with Gasteiger partial charge in [0.25, 0.3) is 5.91 Å². The monoisotopic (exact) mass is 353 g/mol. The van der Waals surface area contributed by atoms with Crippen LogP contribution in [0, 0.1) is 0 Å². The molecule has 26 heavy (non-hydrogen) atoms. The van der Waals surface area contributed by atoms with Gasteiger partial charge in [-0.2, -0.15) is 0 Å². The summed E-state index contributed by atoms with van der Waals surface area (Å²) in [6, 6.07) is 13.4. The fraction of sp³-hybridized carbons (Fsp3) is 0.118. The highest BCUT2D eigenvalue weighted by atomic mass is 16.5. The average molecular weight is 353 g/mol. The van der Waals surface area contributed by atoms with Crippen LogP contribution in [-0.4, -0.2) is 45.8 Å². The number of esters is 1. The maximum absolute atomic E-state index is 12.0. The van der Waals surface area contributed by atoms with Crippen LogP contribution in [0.1, 0.15) is 10.4 Å². The number of methoxy groups -OCH3 is 1. The quantitative estimate of drug-likeness (QED) is 0.668. The summed E-state index contributed by atoms with van der Waals surface area (Å²) in [5.74, 6) is -0.554. The van der Waals surface area contributed by atoms with Crippen LogP contribution in [0.15, 0.2) is 54.9 Å². The first-order valence-corrected chi connectivity index (χ1v) is 7.61. The van der Waals surface area contributed by atoms with Crippen molar-refractivity contribution in [3.8, 4) is 11.4 Å². The van der Waals surface area contributed by atoms with E-state index in [-0.39, 0.29) is 0 Å². The molecular formula is C17H15N5O4. The smallest absolute Gasteiger partial charge is 0.338 e. The Balaban J connectivity index is 1.55. The van der Waals surface area contributed by atoms with E-state index in [1.54, 1.807) is 48.5 Å². The highest BCUT2D eigenvalue weighted by Gasteiger charge is 2.12. The van der Waals surface area contributed by atoms with Gasteiger partial charge in [-0.25, -0.2) is 9.48 Å². The number of nitrogens with one attached hydrogen (secondary N) is 1. The SMILES string of the molecule is COc1ccccc1NC(=O)COC(=O)c1ccc(-n2cnnn2)cc1. The summed E-state index contributed by atoms with van der Waals surface area (Å²) in [6.07, 6.45) is 1.44. The Kier molecular flexibility index (Phi) is 5.18. The molecule has 3 rings (SSSR count). The molecule has 1 amide bonds. The molecule has 132 valence electrons. The fourth-order valence-corrected chi connectivity index (χ4v) is 2.18. The third kappa shape index (κ3) is 4.01. The summed E-state index contributed by atoms with van der Waals surface area (Å²) in [5, 5.41) is 13.5. The maximum atomic E-state index is 12.0. The van der Waals surface area contributed by atoms with Gasteiger partial charge in [-0.3, -0.25) is 4.79 Å². The molecule has 1 heterocycles. The predicted octanol–water partition coefficient (Wildman–Crippen LogP) is 1.47. The van der Waals surface area contributed by atoms with Gasteiger partial charge in [0.1, 0.15) is 12.1 Å². The van der Waals surface area contributed by atoms with Gasteiger partial charge in [0.2, 0.25) is 0 Å². The van der Waals surface area contributed by atoms with Gasteiger partial charge >= 0.3 is 5.97 Å². The number of anilines is 1. The van der Waals surface area contributed by atoms with E-state index >= 15 is 0 Å². The van der Waals surface area contributed by atoms with Crippen LogP contribution in [0.4, 0.5) is 5.69 Å². The van der Waals surface area contributed by atoms with Crippen LogP contribution in [0.2, 0.25) is 0 Å². The van der Waals surface area contributed by atoms with Crippen molar-refractivity contribution in [1.82, 2.24) is 20.2 Å². The van der Waals surface area contributed by atoms with Crippen molar-refractivity contribution >= 4 is 17.6 Å². The van der Waals surface area contributed by atoms with E-state index in [0.29, 0.717) is 22.7 Å². The zero-order chi connectivity index (χ0) is 18.4. The predicted molar refractivity (Wildman–Crippen MR) is 91.1 cm³/mol. The average Bonchev–Trinajstić information content (AvgIpc) is 3.21. The summed E-state index contributed by atoms with van der Waals surface area (Å²) in [5.41, 5.74) is 1.51. The van der Waals surface area contributed by atoms with E-state index in [4.69, 9.17) is 9.47 Å². The molecule has 0 aliphatic carbocycles. The van der Waals surface area contributed by atoms with E-state index in [1.807, 2.05) is 0 Å². The highest BCUT2D eigenvalue weighted by molar-refractivity contribution is 5.96. The standard InChI is InChI=1S/C17H15N5O4/c1-25-15-5-3-2-4-14(15)19-16(23)10-26-17(24)12-6-8-13(9-7-12)22-11-18-20-21-22/h2-9,11H,10H2,1H3,(H,19,23). The first-order valence-electron chi connectivity index (χ1n) is 7.61. The number of hydrogen-bond acceptors (Lipinski definition) is 7. The van der Waals surface area contributed by atoms with Crippen molar-refractivity contribution in [2.45, 2.75) is 0 Å². The number of amides is 1. The van der Waals surface area contributed by atoms with Gasteiger partial charge in [0, 0.05) is 0 Å². The Morgan fingerprint density at radius 3 is 2.58 bits per heavy atom. The van der Waals surface area contributed by atoms with E-state index in [2.05, 4.69) is 20.8 Å². The number of carbonyl (C=O) groups excluding carboxylic acids is 2. The number of benzene rings is 2. The minimum atomic E-state index is -0.608. The van der Waals surface area contributed by atoms with Crippen LogP contribution < -0.4 is 10.1 Å². The Morgan fingerprint density at radius 1 is 1.12 bits per heavy atom. The Bertz CT molecular complexity index is 894. The molecule has 0 aliphatic rings. The molecular weight excluding hydrogens is 338 g/mol. The number of hydrogen-bond donors (Lipinski definition) is 1. The zero-order valence-corrected chi connectivity index (χ0v) is 13.8. The van der Waals surface area contributed by atoms with Crippen molar-refractivity contribution in [3.05, 3.63) is 60.4 Å². The summed E-state index contributed by atoms with van der Waals surface area (Å²) in [7, 11) is 1.50. The number of para-hydroxylation sites is 2. The lowest BCUT2D eigenvalue weighted by Crippen LogP contribution is -2.21. The van der Waals surface area contributed by atoms with E-state index in [9.17, 15) is 9.59 Å². The van der Waals surface area contributed by atoms with Gasteiger partial charge in [-0.1, -0.05) is 12.1 Å². The molecule has 0 fully saturated rings. The first kappa shape index (κ1) is 17.1. The molecule has 1 N–H and O–H groups in total. The van der Waals surface area contributed by atoms with Crippen LogP contribution >= 0.6 is 0 Å². The molecule has 0 aliphatic heterocycles. The minimum Gasteiger partial charge on any atom is -0.495 e. The molecule has 1 aromatic heterocycles. The summed E-state index contributed by atoms with van der Waals surface area (Å²) >= 11 is 0. The van der Waals surface area contributed by atoms with Crippen LogP contribution in [0.3, 0.4) is 0 Å². The Hall–Kier alpha value is -3.75. The van der Waals surface area contributed by atoms with Crippen molar-refractivity contribution < 1.29 is 19.1 Å². The third-order valence-electron chi connectivity index (χ3n) is 3.43. The molecule has 0 atom stereocenters. The van der Waals surface area contributed by atoms with Crippen molar-refractivity contribution in [3.63, 3.8) is 0 Å². The van der Waals surface area contributed by atoms with Gasteiger partial charge in [-0.05, 0) is 46.8 Å². The summed E-state index contributed by atoms with van der Waals surface area (Å²) < 4.78 is 11.6. The molecule has 0 bridgehead atoms. The van der Waals surface area contributed by atoms with Crippen molar-refractivity contribution in [2.24, 2.45) is 0 Å². The first-order chi connectivity index (χ1) is 12.7. The second-order valence-electron chi connectivity index (χ2n) is 5.13. The summed E-state index contributed by atoms with van der Waals surface area (Å²) in [6.45, 7) is -0.411. The van der Waals surface area contributed by atoms with Crippen molar-refractivity contribution in [1.29, 1.82) is 0 Å². The number of carbonyl (C=O) groups is 2. The lowest BCUT2D eigenvalue weighted by molar-refractivity contribution is -0.119. The lowest BCUT2D eigenvalue weighted by atomic mass is 10.2. The molecule has 0 saturated heterocycles. The van der Waals surface area contributed by atoms with Crippen LogP contribution in [0.25, 0.3) is 5.69 Å². The Morgan fingerprint density at radius 2 is 1.88 bits per heavy atom. The normalized spacial score (nSPS) is 10.2. The highest BCUT2D eigenvalue weighted by Crippen LogP contribution is 2.22. The second-order valence-corrected chi connectivity index (χ2v) is 5.13. The fourth-order valence-electron chi connectivity index (χ4n) is 2.18. The zero-order valence-electron chi connectivity index (χ0n) is 13.8. The van der Waals surface area contributed by atoms with Gasteiger partial charge < -0.3 is 14.8 Å². The molecule has 0 radical (unpaired) electrons. The van der Waals surface area contributed by atoms with Crippen molar-refractivity contribution in [2.75, 3.05) is 19.0 Å². The Labute approximate surface area is 148 Å². The van der Waals surface area contributed by atoms with Gasteiger partial charge in [0.15, 0.2) is 6.61 Å². The maximum Gasteiger partial charge on any atom is 0.338 e. The molecule has 9 nitrogen and oxygen atoms in total. The third-order valence-corrected chi connectivity index (χ3v) is 3.43. The van der Waals surface area contributed by atoms with E-state index in [1.165, 1.54) is 18.1 Å². The van der Waals surface area contributed by atoms with E-state index < -0.39 is 18.5 Å². The van der Waals surface area contributed by atoms with Crippen LogP contribution in [0.5, 0.6) is 5.75 Å². The molecule has 0 saturated carbocycles. The second kappa shape index (κ2) is 7.88. The van der Waals surface area contributed by atoms with Gasteiger partial charge in [0.05, 0.1) is 24.0 Å². The van der Waals surface area contributed by atoms with E-state index in [0.717, 1.165) is 0 Å². The number of ether oxygens (including phenoxy) is 2. The molecule has 2 aromatic carbocycles. The van der Waals surface area contributed by atoms with Gasteiger partial charge in [-0.15, -0.1) is 5.10 Å². The molecule has 3 aromatic rings.